The molecule has 1 aromatic heterocycles. The van der Waals surface area contributed by atoms with E-state index in [9.17, 15) is 0 Å². The maximum Gasteiger partial charge on any atom is 0.221 e. The lowest BCUT2D eigenvalue weighted by atomic mass is 10.2. The smallest absolute Gasteiger partial charge is 0.221 e. The van der Waals surface area contributed by atoms with Gasteiger partial charge in [0.05, 0.1) is 14.2 Å². The second-order valence-corrected chi connectivity index (χ2v) is 6.70. The van der Waals surface area contributed by atoms with E-state index >= 15 is 0 Å². The summed E-state index contributed by atoms with van der Waals surface area (Å²) in [5, 5.41) is 3.98. The normalized spacial score (nSPS) is 12.1. The minimum absolute atomic E-state index is 0.538. The molecule has 0 spiro atoms. The second-order valence-electron chi connectivity index (χ2n) is 5.90. The molecular weight excluding hydrogens is 356 g/mol. The van der Waals surface area contributed by atoms with Crippen LogP contribution in [0, 0.1) is 4.77 Å². The molecule has 130 valence electrons. The monoisotopic (exact) mass is 375 g/mol. The van der Waals surface area contributed by atoms with Gasteiger partial charge in [0.25, 0.3) is 0 Å². The van der Waals surface area contributed by atoms with Crippen molar-refractivity contribution in [2.24, 2.45) is 0 Å². The van der Waals surface area contributed by atoms with E-state index in [0.29, 0.717) is 16.5 Å². The lowest BCUT2D eigenvalue weighted by molar-refractivity contribution is -0.917. The molecule has 7 heteroatoms. The average Bonchev–Trinajstić information content (AvgIpc) is 2.96. The van der Waals surface area contributed by atoms with Crippen LogP contribution in [0.4, 0.5) is 0 Å². The number of benzene rings is 2. The van der Waals surface area contributed by atoms with Crippen LogP contribution in [0.3, 0.4) is 0 Å². The number of rotatable bonds is 6. The summed E-state index contributed by atoms with van der Waals surface area (Å²) in [5.74, 6) is 1.61. The Labute approximate surface area is 156 Å². The molecule has 2 N–H and O–H groups in total. The molecule has 0 fully saturated rings. The van der Waals surface area contributed by atoms with Crippen LogP contribution in [-0.4, -0.2) is 28.9 Å². The number of methoxy groups -OCH3 is 1. The summed E-state index contributed by atoms with van der Waals surface area (Å²) in [7, 11) is 3.75. The first-order valence-corrected chi connectivity index (χ1v) is 8.71. The van der Waals surface area contributed by atoms with Crippen molar-refractivity contribution in [3.63, 3.8) is 0 Å². The third kappa shape index (κ3) is 4.28. The second kappa shape index (κ2) is 7.82. The molecule has 1 unspecified atom stereocenters. The number of hydrogen-bond acceptors (Lipinski definition) is 3. The summed E-state index contributed by atoms with van der Waals surface area (Å²) in [4.78, 5) is 5.67. The van der Waals surface area contributed by atoms with Crippen molar-refractivity contribution in [1.82, 2.24) is 14.8 Å². The number of hydrogen-bond donors (Lipinski definition) is 2. The Morgan fingerprint density at radius 1 is 1.24 bits per heavy atom. The van der Waals surface area contributed by atoms with Gasteiger partial charge in [0.1, 0.15) is 12.3 Å². The van der Waals surface area contributed by atoms with Crippen LogP contribution in [-0.2, 0) is 13.2 Å². The lowest BCUT2D eigenvalue weighted by Crippen LogP contribution is -3.07. The highest BCUT2D eigenvalue weighted by Crippen LogP contribution is 2.21. The Hall–Kier alpha value is -2.15. The molecule has 0 radical (unpaired) electrons. The number of quaternary nitrogens is 1. The molecule has 2 aromatic carbocycles. The van der Waals surface area contributed by atoms with Gasteiger partial charge in [0.15, 0.2) is 12.5 Å². The van der Waals surface area contributed by atoms with E-state index < -0.39 is 0 Å². The number of halogens is 1. The van der Waals surface area contributed by atoms with Crippen LogP contribution in [0.2, 0.25) is 5.02 Å². The summed E-state index contributed by atoms with van der Waals surface area (Å²) in [6.07, 6.45) is 0. The van der Waals surface area contributed by atoms with Crippen LogP contribution in [0.1, 0.15) is 5.56 Å². The quantitative estimate of drug-likeness (QED) is 0.651. The van der Waals surface area contributed by atoms with Gasteiger partial charge in [-0.15, -0.1) is 0 Å². The van der Waals surface area contributed by atoms with Crippen LogP contribution >= 0.6 is 23.8 Å². The summed E-state index contributed by atoms with van der Waals surface area (Å²) >= 11 is 11.5. The zero-order valence-electron chi connectivity index (χ0n) is 14.1. The molecule has 0 saturated heterocycles. The molecular formula is C18H20ClN4OS+. The highest BCUT2D eigenvalue weighted by molar-refractivity contribution is 7.71. The summed E-state index contributed by atoms with van der Waals surface area (Å²) in [5.41, 5.74) is 2.07. The number of ether oxygens (including phenoxy) is 1. The maximum atomic E-state index is 6.11. The number of aromatic amines is 1. The fourth-order valence-electron chi connectivity index (χ4n) is 2.73. The van der Waals surface area contributed by atoms with E-state index in [-0.39, 0.29) is 0 Å². The van der Waals surface area contributed by atoms with Gasteiger partial charge in [-0.1, -0.05) is 41.9 Å². The number of aromatic nitrogens is 3. The molecule has 0 aliphatic heterocycles. The van der Waals surface area contributed by atoms with Crippen molar-refractivity contribution in [1.29, 1.82) is 0 Å². The zero-order chi connectivity index (χ0) is 17.8. The predicted molar refractivity (Wildman–Crippen MR) is 101 cm³/mol. The van der Waals surface area contributed by atoms with Gasteiger partial charge < -0.3 is 9.64 Å². The van der Waals surface area contributed by atoms with Gasteiger partial charge in [-0.25, -0.2) is 4.68 Å². The Kier molecular flexibility index (Phi) is 5.53. The summed E-state index contributed by atoms with van der Waals surface area (Å²) in [6.45, 7) is 1.42. The van der Waals surface area contributed by atoms with Crippen LogP contribution in [0.5, 0.6) is 5.75 Å². The van der Waals surface area contributed by atoms with Gasteiger partial charge in [0, 0.05) is 16.1 Å². The van der Waals surface area contributed by atoms with Crippen molar-refractivity contribution in [2.45, 2.75) is 13.2 Å². The lowest BCUT2D eigenvalue weighted by Gasteiger charge is -2.16. The number of nitrogens with one attached hydrogen (secondary N) is 2. The Morgan fingerprint density at radius 2 is 2.00 bits per heavy atom. The molecule has 0 saturated carbocycles. The largest absolute Gasteiger partial charge is 0.496 e. The van der Waals surface area contributed by atoms with Crippen molar-refractivity contribution in [3.8, 4) is 17.1 Å². The zero-order valence-corrected chi connectivity index (χ0v) is 15.7. The first kappa shape index (κ1) is 17.7. The molecule has 0 aliphatic rings. The molecule has 3 aromatic rings. The molecule has 0 amide bonds. The Bertz CT molecular complexity index is 907. The molecule has 0 aliphatic carbocycles. The standard InChI is InChI=1S/C18H19ClN4OS/c1-22(11-14-10-15(19)8-9-16(14)24-2)12-23-18(25)20-17(21-23)13-6-4-3-5-7-13/h3-10H,11-12H2,1-2H3,(H,20,21,25)/p+1. The minimum Gasteiger partial charge on any atom is -0.496 e. The van der Waals surface area contributed by atoms with Crippen molar-refractivity contribution < 1.29 is 9.64 Å². The Balaban J connectivity index is 1.76. The van der Waals surface area contributed by atoms with E-state index in [1.54, 1.807) is 7.11 Å². The van der Waals surface area contributed by atoms with Crippen LogP contribution in [0.25, 0.3) is 11.4 Å². The van der Waals surface area contributed by atoms with E-state index in [4.69, 9.17) is 28.6 Å². The number of nitrogens with zero attached hydrogens (tertiary/aromatic N) is 2. The van der Waals surface area contributed by atoms with E-state index in [2.05, 4.69) is 17.1 Å². The van der Waals surface area contributed by atoms with Crippen LogP contribution < -0.4 is 9.64 Å². The fourth-order valence-corrected chi connectivity index (χ4v) is 3.12. The predicted octanol–water partition coefficient (Wildman–Crippen LogP) is 2.94. The average molecular weight is 376 g/mol. The van der Waals surface area contributed by atoms with Gasteiger partial charge in [0.2, 0.25) is 4.77 Å². The Morgan fingerprint density at radius 3 is 2.72 bits per heavy atom. The topological polar surface area (TPSA) is 47.3 Å². The number of H-pyrrole nitrogens is 1. The van der Waals surface area contributed by atoms with Gasteiger partial charge in [-0.05, 0) is 30.4 Å². The minimum atomic E-state index is 0.538. The van der Waals surface area contributed by atoms with E-state index in [1.807, 2.05) is 53.2 Å². The molecule has 1 atom stereocenters. The first-order valence-electron chi connectivity index (χ1n) is 7.93. The maximum absolute atomic E-state index is 6.11. The van der Waals surface area contributed by atoms with E-state index in [1.165, 1.54) is 4.90 Å². The molecule has 25 heavy (non-hydrogen) atoms. The first-order chi connectivity index (χ1) is 12.1. The van der Waals surface area contributed by atoms with Gasteiger partial charge >= 0.3 is 0 Å². The summed E-state index contributed by atoms with van der Waals surface area (Å²) < 4.78 is 7.83. The third-order valence-corrected chi connectivity index (χ3v) is 4.44. The highest BCUT2D eigenvalue weighted by atomic mass is 35.5. The summed E-state index contributed by atoms with van der Waals surface area (Å²) in [6, 6.07) is 15.6. The van der Waals surface area contributed by atoms with Gasteiger partial charge in [-0.3, -0.25) is 5.10 Å². The fraction of sp³-hybridized carbons (Fsp3) is 0.222. The molecule has 0 bridgehead atoms. The molecule has 1 heterocycles. The molecule has 5 nitrogen and oxygen atoms in total. The van der Waals surface area contributed by atoms with E-state index in [0.717, 1.165) is 29.2 Å². The van der Waals surface area contributed by atoms with Crippen molar-refractivity contribution in [2.75, 3.05) is 14.2 Å². The van der Waals surface area contributed by atoms with Crippen LogP contribution in [0.15, 0.2) is 48.5 Å². The van der Waals surface area contributed by atoms with Gasteiger partial charge in [-0.2, -0.15) is 4.98 Å². The molecule has 3 rings (SSSR count). The van der Waals surface area contributed by atoms with Crippen molar-refractivity contribution in [3.05, 3.63) is 63.9 Å². The highest BCUT2D eigenvalue weighted by Gasteiger charge is 2.12. The third-order valence-electron chi connectivity index (χ3n) is 3.89. The SMILES string of the molecule is COc1ccc(Cl)cc1C[NH+](C)Cn1[nH]c(-c2ccccc2)nc1=S. The van der Waals surface area contributed by atoms with Crippen molar-refractivity contribution >= 4 is 23.8 Å².